The van der Waals surface area contributed by atoms with Crippen LogP contribution in [0, 0.1) is 11.3 Å². The van der Waals surface area contributed by atoms with Crippen LogP contribution >= 0.6 is 0 Å². The van der Waals surface area contributed by atoms with Crippen LogP contribution in [0.1, 0.15) is 18.9 Å². The van der Waals surface area contributed by atoms with Crippen LogP contribution in [0.25, 0.3) is 0 Å². The van der Waals surface area contributed by atoms with Gasteiger partial charge in [-0.2, -0.15) is 5.26 Å². The van der Waals surface area contributed by atoms with E-state index in [2.05, 4.69) is 0 Å². The van der Waals surface area contributed by atoms with Gasteiger partial charge in [0.1, 0.15) is 0 Å². The SMILES string of the molecule is CC(=O)N(CCC(=O)N1CCOCC1)c1ccc(C#N)cc1. The van der Waals surface area contributed by atoms with E-state index in [0.29, 0.717) is 44.1 Å². The maximum Gasteiger partial charge on any atom is 0.224 e. The Balaban J connectivity index is 1.98. The van der Waals surface area contributed by atoms with E-state index in [0.717, 1.165) is 0 Å². The van der Waals surface area contributed by atoms with Crippen LogP contribution < -0.4 is 4.90 Å². The number of rotatable bonds is 4. The van der Waals surface area contributed by atoms with E-state index in [-0.39, 0.29) is 18.2 Å². The lowest BCUT2D eigenvalue weighted by Gasteiger charge is -2.28. The fourth-order valence-corrected chi connectivity index (χ4v) is 2.36. The molecule has 2 rings (SSSR count). The molecule has 0 aliphatic carbocycles. The molecule has 116 valence electrons. The summed E-state index contributed by atoms with van der Waals surface area (Å²) in [7, 11) is 0. The Morgan fingerprint density at radius 3 is 2.45 bits per heavy atom. The predicted molar refractivity (Wildman–Crippen MR) is 81.2 cm³/mol. The summed E-state index contributed by atoms with van der Waals surface area (Å²) in [4.78, 5) is 27.3. The third-order valence-corrected chi connectivity index (χ3v) is 3.60. The van der Waals surface area contributed by atoms with E-state index in [4.69, 9.17) is 10.00 Å². The van der Waals surface area contributed by atoms with Crippen molar-refractivity contribution in [2.75, 3.05) is 37.7 Å². The second kappa shape index (κ2) is 7.57. The molecule has 0 N–H and O–H groups in total. The quantitative estimate of drug-likeness (QED) is 0.836. The third-order valence-electron chi connectivity index (χ3n) is 3.60. The molecule has 22 heavy (non-hydrogen) atoms. The van der Waals surface area contributed by atoms with Crippen LogP contribution in [0.4, 0.5) is 5.69 Å². The highest BCUT2D eigenvalue weighted by atomic mass is 16.5. The van der Waals surface area contributed by atoms with Crippen molar-refractivity contribution in [2.45, 2.75) is 13.3 Å². The zero-order chi connectivity index (χ0) is 15.9. The van der Waals surface area contributed by atoms with Gasteiger partial charge in [0.05, 0.1) is 24.8 Å². The van der Waals surface area contributed by atoms with Gasteiger partial charge in [-0.3, -0.25) is 9.59 Å². The first-order chi connectivity index (χ1) is 10.6. The first kappa shape index (κ1) is 16.0. The lowest BCUT2D eigenvalue weighted by Crippen LogP contribution is -2.42. The molecule has 0 bridgehead atoms. The highest BCUT2D eigenvalue weighted by Gasteiger charge is 2.19. The number of carbonyl (C=O) groups is 2. The molecule has 0 saturated carbocycles. The number of benzene rings is 1. The summed E-state index contributed by atoms with van der Waals surface area (Å²) in [5.41, 5.74) is 1.23. The van der Waals surface area contributed by atoms with E-state index in [1.807, 2.05) is 6.07 Å². The zero-order valence-corrected chi connectivity index (χ0v) is 12.6. The highest BCUT2D eigenvalue weighted by Crippen LogP contribution is 2.16. The molecule has 1 aromatic carbocycles. The monoisotopic (exact) mass is 301 g/mol. The minimum atomic E-state index is -0.125. The molecule has 1 aliphatic rings. The standard InChI is InChI=1S/C16H19N3O3/c1-13(20)19(15-4-2-14(12-17)3-5-15)7-6-16(21)18-8-10-22-11-9-18/h2-5H,6-11H2,1H3. The summed E-state index contributed by atoms with van der Waals surface area (Å²) in [6, 6.07) is 8.81. The minimum absolute atomic E-state index is 0.0307. The van der Waals surface area contributed by atoms with Gasteiger partial charge in [0, 0.05) is 38.7 Å². The van der Waals surface area contributed by atoms with Crippen LogP contribution in [0.15, 0.2) is 24.3 Å². The number of nitriles is 1. The largest absolute Gasteiger partial charge is 0.378 e. The Hall–Kier alpha value is -2.39. The number of hydrogen-bond donors (Lipinski definition) is 0. The minimum Gasteiger partial charge on any atom is -0.378 e. The van der Waals surface area contributed by atoms with Gasteiger partial charge in [-0.25, -0.2) is 0 Å². The normalized spacial score (nSPS) is 14.3. The van der Waals surface area contributed by atoms with E-state index < -0.39 is 0 Å². The Labute approximate surface area is 129 Å². The molecule has 0 atom stereocenters. The number of anilines is 1. The fourth-order valence-electron chi connectivity index (χ4n) is 2.36. The summed E-state index contributed by atoms with van der Waals surface area (Å²) in [5.74, 6) is -0.0947. The molecule has 1 saturated heterocycles. The van der Waals surface area contributed by atoms with Crippen LogP contribution in [0.2, 0.25) is 0 Å². The van der Waals surface area contributed by atoms with E-state index in [9.17, 15) is 9.59 Å². The van der Waals surface area contributed by atoms with Crippen molar-refractivity contribution < 1.29 is 14.3 Å². The Bertz CT molecular complexity index is 571. The molecular weight excluding hydrogens is 282 g/mol. The lowest BCUT2D eigenvalue weighted by atomic mass is 10.2. The summed E-state index contributed by atoms with van der Waals surface area (Å²) >= 11 is 0. The number of morpholine rings is 1. The molecule has 1 fully saturated rings. The predicted octanol–water partition coefficient (Wildman–Crippen LogP) is 1.16. The van der Waals surface area contributed by atoms with Gasteiger partial charge in [0.15, 0.2) is 0 Å². The smallest absolute Gasteiger partial charge is 0.224 e. The lowest BCUT2D eigenvalue weighted by molar-refractivity contribution is -0.135. The number of nitrogens with zero attached hydrogens (tertiary/aromatic N) is 3. The average Bonchev–Trinajstić information content (AvgIpc) is 2.56. The third kappa shape index (κ3) is 4.06. The van der Waals surface area contributed by atoms with Crippen molar-refractivity contribution in [2.24, 2.45) is 0 Å². The van der Waals surface area contributed by atoms with E-state index in [1.54, 1.807) is 34.1 Å². The molecule has 1 heterocycles. The average molecular weight is 301 g/mol. The summed E-state index contributed by atoms with van der Waals surface area (Å²) in [6.07, 6.45) is 0.277. The summed E-state index contributed by atoms with van der Waals surface area (Å²) in [6.45, 7) is 4.15. The Morgan fingerprint density at radius 1 is 1.27 bits per heavy atom. The fraction of sp³-hybridized carbons (Fsp3) is 0.438. The van der Waals surface area contributed by atoms with Crippen LogP contribution in [-0.4, -0.2) is 49.6 Å². The first-order valence-corrected chi connectivity index (χ1v) is 7.25. The van der Waals surface area contributed by atoms with Crippen LogP contribution in [0.5, 0.6) is 0 Å². The van der Waals surface area contributed by atoms with Crippen molar-refractivity contribution in [3.8, 4) is 6.07 Å². The highest BCUT2D eigenvalue weighted by molar-refractivity contribution is 5.92. The van der Waals surface area contributed by atoms with Crippen LogP contribution in [-0.2, 0) is 14.3 Å². The molecular formula is C16H19N3O3. The number of ether oxygens (including phenoxy) is 1. The van der Waals surface area contributed by atoms with Gasteiger partial charge in [-0.15, -0.1) is 0 Å². The maximum absolute atomic E-state index is 12.1. The number of carbonyl (C=O) groups excluding carboxylic acids is 2. The second-order valence-corrected chi connectivity index (χ2v) is 5.07. The molecule has 6 nitrogen and oxygen atoms in total. The Morgan fingerprint density at radius 2 is 1.91 bits per heavy atom. The Kier molecular flexibility index (Phi) is 5.50. The van der Waals surface area contributed by atoms with Crippen molar-refractivity contribution >= 4 is 17.5 Å². The van der Waals surface area contributed by atoms with Crippen LogP contribution in [0.3, 0.4) is 0 Å². The van der Waals surface area contributed by atoms with Crippen molar-refractivity contribution in [3.05, 3.63) is 29.8 Å². The van der Waals surface area contributed by atoms with Crippen molar-refractivity contribution in [3.63, 3.8) is 0 Å². The van der Waals surface area contributed by atoms with Gasteiger partial charge in [-0.1, -0.05) is 0 Å². The summed E-state index contributed by atoms with van der Waals surface area (Å²) in [5, 5.41) is 8.81. The van der Waals surface area contributed by atoms with Gasteiger partial charge in [0.2, 0.25) is 11.8 Å². The molecule has 1 aromatic rings. The molecule has 6 heteroatoms. The molecule has 2 amide bonds. The molecule has 0 spiro atoms. The van der Waals surface area contributed by atoms with E-state index in [1.165, 1.54) is 6.92 Å². The summed E-state index contributed by atoms with van der Waals surface area (Å²) < 4.78 is 5.22. The molecule has 0 radical (unpaired) electrons. The zero-order valence-electron chi connectivity index (χ0n) is 12.6. The molecule has 1 aliphatic heterocycles. The topological polar surface area (TPSA) is 73.6 Å². The van der Waals surface area contributed by atoms with Gasteiger partial charge in [-0.05, 0) is 24.3 Å². The van der Waals surface area contributed by atoms with E-state index >= 15 is 0 Å². The molecule has 0 unspecified atom stereocenters. The van der Waals surface area contributed by atoms with Gasteiger partial charge < -0.3 is 14.5 Å². The number of amides is 2. The first-order valence-electron chi connectivity index (χ1n) is 7.25. The maximum atomic E-state index is 12.1. The van der Waals surface area contributed by atoms with Gasteiger partial charge in [0.25, 0.3) is 0 Å². The van der Waals surface area contributed by atoms with Crippen molar-refractivity contribution in [1.29, 1.82) is 5.26 Å². The van der Waals surface area contributed by atoms with Gasteiger partial charge >= 0.3 is 0 Å². The van der Waals surface area contributed by atoms with Crippen molar-refractivity contribution in [1.82, 2.24) is 4.90 Å². The number of hydrogen-bond acceptors (Lipinski definition) is 4. The molecule has 0 aromatic heterocycles. The second-order valence-electron chi connectivity index (χ2n) is 5.07.